The summed E-state index contributed by atoms with van der Waals surface area (Å²) in [6.07, 6.45) is 21.2. The summed E-state index contributed by atoms with van der Waals surface area (Å²) in [6.45, 7) is 21.9. The Labute approximate surface area is 339 Å². The molecule has 0 aromatic heterocycles. The number of hydrogen-bond donors (Lipinski definition) is 2. The summed E-state index contributed by atoms with van der Waals surface area (Å²) in [4.78, 5) is 35.6. The summed E-state index contributed by atoms with van der Waals surface area (Å²) in [5, 5.41) is 0. The summed E-state index contributed by atoms with van der Waals surface area (Å²) in [6, 6.07) is 0. The van der Waals surface area contributed by atoms with Crippen LogP contribution < -0.4 is 5.73 Å². The summed E-state index contributed by atoms with van der Waals surface area (Å²) in [7, 11) is -4.50. The average Bonchev–Trinajstić information content (AvgIpc) is 3.08. The highest BCUT2D eigenvalue weighted by atomic mass is 31.2. The molecule has 7 atom stereocenters. The first-order valence-electron chi connectivity index (χ1n) is 22.6. The Balaban J connectivity index is 4.56. The quantitative estimate of drug-likeness (QED) is 0.0465. The highest BCUT2D eigenvalue weighted by Crippen LogP contribution is 2.44. The van der Waals surface area contributed by atoms with E-state index >= 15 is 0 Å². The van der Waals surface area contributed by atoms with Crippen molar-refractivity contribution in [3.8, 4) is 0 Å². The first-order chi connectivity index (χ1) is 25.9. The lowest BCUT2D eigenvalue weighted by Gasteiger charge is -2.21. The second-order valence-corrected chi connectivity index (χ2v) is 20.0. The van der Waals surface area contributed by atoms with Gasteiger partial charge in [0.15, 0.2) is 0 Å². The zero-order chi connectivity index (χ0) is 41.6. The lowest BCUT2D eigenvalue weighted by Crippen LogP contribution is -2.29. The van der Waals surface area contributed by atoms with Crippen LogP contribution in [0.25, 0.3) is 0 Å². The molecule has 328 valence electrons. The molecule has 0 aromatic rings. The van der Waals surface area contributed by atoms with Crippen molar-refractivity contribution in [2.75, 3.05) is 26.4 Å². The molecular formula is C45H90NO8P. The van der Waals surface area contributed by atoms with E-state index in [4.69, 9.17) is 24.3 Å². The molecule has 0 aliphatic rings. The van der Waals surface area contributed by atoms with Crippen molar-refractivity contribution in [3.63, 3.8) is 0 Å². The molecule has 0 radical (unpaired) electrons. The fourth-order valence-electron chi connectivity index (χ4n) is 7.34. The molecule has 10 heteroatoms. The Morgan fingerprint density at radius 2 is 0.800 bits per heavy atom. The first-order valence-corrected chi connectivity index (χ1v) is 24.1. The summed E-state index contributed by atoms with van der Waals surface area (Å²) < 4.78 is 33.5. The van der Waals surface area contributed by atoms with Gasteiger partial charge < -0.3 is 20.1 Å². The van der Waals surface area contributed by atoms with Gasteiger partial charge in [-0.15, -0.1) is 0 Å². The van der Waals surface area contributed by atoms with E-state index in [1.54, 1.807) is 0 Å². The van der Waals surface area contributed by atoms with Crippen LogP contribution in [0, 0.1) is 47.3 Å². The maximum Gasteiger partial charge on any atom is 0.472 e. The number of rotatable bonds is 37. The minimum atomic E-state index is -4.50. The molecule has 0 fully saturated rings. The highest BCUT2D eigenvalue weighted by Gasteiger charge is 2.29. The van der Waals surface area contributed by atoms with E-state index in [0.717, 1.165) is 62.2 Å². The maximum atomic E-state index is 12.7. The fourth-order valence-corrected chi connectivity index (χ4v) is 8.24. The van der Waals surface area contributed by atoms with Gasteiger partial charge >= 0.3 is 19.8 Å². The number of carbonyl (C=O) groups is 2. The van der Waals surface area contributed by atoms with Crippen LogP contribution in [0.15, 0.2) is 0 Å². The smallest absolute Gasteiger partial charge is 0.463 e. The Morgan fingerprint density at radius 3 is 1.09 bits per heavy atom. The van der Waals surface area contributed by atoms with Gasteiger partial charge in [-0.3, -0.25) is 18.6 Å². The van der Waals surface area contributed by atoms with E-state index in [0.29, 0.717) is 11.8 Å². The van der Waals surface area contributed by atoms with Gasteiger partial charge in [0.25, 0.3) is 0 Å². The van der Waals surface area contributed by atoms with Gasteiger partial charge in [0.05, 0.1) is 6.61 Å². The van der Waals surface area contributed by atoms with E-state index in [9.17, 15) is 19.0 Å². The number of phosphoric acid groups is 1. The molecule has 3 N–H and O–H groups in total. The molecule has 0 aliphatic heterocycles. The minimum absolute atomic E-state index is 0.0332. The topological polar surface area (TPSA) is 134 Å². The Hall–Kier alpha value is -0.990. The molecular weight excluding hydrogens is 713 g/mol. The molecule has 0 bridgehead atoms. The number of esters is 2. The maximum absolute atomic E-state index is 12.7. The van der Waals surface area contributed by atoms with Gasteiger partial charge in [-0.25, -0.2) is 4.57 Å². The number of hydrogen-bond acceptors (Lipinski definition) is 8. The normalized spacial score (nSPS) is 17.0. The molecule has 0 amide bonds. The minimum Gasteiger partial charge on any atom is -0.463 e. The van der Waals surface area contributed by atoms with Gasteiger partial charge in [-0.1, -0.05) is 185 Å². The number of carbonyl (C=O) groups excluding carboxylic acids is 2. The van der Waals surface area contributed by atoms with Crippen LogP contribution in [0.2, 0.25) is 0 Å². The van der Waals surface area contributed by atoms with Crippen molar-refractivity contribution in [3.05, 3.63) is 0 Å². The molecule has 0 heterocycles. The third-order valence-corrected chi connectivity index (χ3v) is 12.2. The van der Waals surface area contributed by atoms with Crippen LogP contribution in [0.5, 0.6) is 0 Å². The van der Waals surface area contributed by atoms with Crippen LogP contribution in [0.3, 0.4) is 0 Å². The van der Waals surface area contributed by atoms with Crippen molar-refractivity contribution < 1.29 is 37.6 Å². The van der Waals surface area contributed by atoms with Crippen molar-refractivity contribution in [2.24, 2.45) is 53.1 Å². The summed E-state index contributed by atoms with van der Waals surface area (Å²) in [5.74, 6) is 3.98. The SMILES string of the molecule is CC(C)CCCC(C)CCCC(C)CCCC(C)CC(=O)OCC(COC(=O)CC(C)CCCC(C)CCCC(C)CCCC(C)C)OP(=O)(O)OCCN. The number of phosphoric ester groups is 1. The molecule has 55 heavy (non-hydrogen) atoms. The standard InChI is InChI=1S/C45H90NO8P/c1-35(2)17-11-19-37(5)21-13-23-39(7)25-15-27-41(9)31-44(47)51-33-43(54-55(49,50)53-30-29-46)34-52-45(48)32-42(10)28-16-26-40(8)24-14-22-38(6)20-12-18-36(3)4/h35-43H,11-34,46H2,1-10H3,(H,49,50). The number of ether oxygens (including phenoxy) is 2. The van der Waals surface area contributed by atoms with Gasteiger partial charge in [-0.2, -0.15) is 0 Å². The Kier molecular flexibility index (Phi) is 32.3. The zero-order valence-electron chi connectivity index (χ0n) is 37.5. The van der Waals surface area contributed by atoms with Gasteiger partial charge in [-0.05, 0) is 47.3 Å². The van der Waals surface area contributed by atoms with Crippen LogP contribution in [0.1, 0.15) is 198 Å². The third-order valence-electron chi connectivity index (χ3n) is 11.1. The van der Waals surface area contributed by atoms with E-state index in [1.807, 2.05) is 13.8 Å². The lowest BCUT2D eigenvalue weighted by molar-refractivity contribution is -0.153. The highest BCUT2D eigenvalue weighted by molar-refractivity contribution is 7.47. The fraction of sp³-hybridized carbons (Fsp3) is 0.956. The molecule has 0 rings (SSSR count). The molecule has 0 aliphatic carbocycles. The predicted molar refractivity (Wildman–Crippen MR) is 229 cm³/mol. The van der Waals surface area contributed by atoms with Gasteiger partial charge in [0.1, 0.15) is 19.3 Å². The van der Waals surface area contributed by atoms with Crippen molar-refractivity contribution >= 4 is 19.8 Å². The molecule has 0 saturated heterocycles. The Morgan fingerprint density at radius 1 is 0.509 bits per heavy atom. The summed E-state index contributed by atoms with van der Waals surface area (Å²) >= 11 is 0. The third kappa shape index (κ3) is 34.7. The molecule has 0 saturated carbocycles. The van der Waals surface area contributed by atoms with Crippen LogP contribution in [-0.2, 0) is 32.7 Å². The molecule has 7 unspecified atom stereocenters. The Bertz CT molecular complexity index is 932. The van der Waals surface area contributed by atoms with Crippen LogP contribution in [-0.4, -0.2) is 49.3 Å². The van der Waals surface area contributed by atoms with E-state index in [2.05, 4.69) is 55.4 Å². The second kappa shape index (κ2) is 32.9. The lowest BCUT2D eigenvalue weighted by atomic mass is 9.91. The van der Waals surface area contributed by atoms with Crippen molar-refractivity contribution in [1.29, 1.82) is 0 Å². The van der Waals surface area contributed by atoms with Crippen LogP contribution in [0.4, 0.5) is 0 Å². The monoisotopic (exact) mass is 804 g/mol. The molecule has 0 spiro atoms. The van der Waals surface area contributed by atoms with Crippen molar-refractivity contribution in [1.82, 2.24) is 0 Å². The average molecular weight is 804 g/mol. The predicted octanol–water partition coefficient (Wildman–Crippen LogP) is 12.5. The van der Waals surface area contributed by atoms with Gasteiger partial charge in [0.2, 0.25) is 0 Å². The van der Waals surface area contributed by atoms with E-state index in [-0.39, 0.29) is 51.0 Å². The largest absolute Gasteiger partial charge is 0.472 e. The van der Waals surface area contributed by atoms with E-state index in [1.165, 1.54) is 77.0 Å². The van der Waals surface area contributed by atoms with Crippen molar-refractivity contribution in [2.45, 2.75) is 204 Å². The molecule has 9 nitrogen and oxygen atoms in total. The molecule has 0 aromatic carbocycles. The second-order valence-electron chi connectivity index (χ2n) is 18.6. The van der Waals surface area contributed by atoms with E-state index < -0.39 is 25.9 Å². The number of nitrogens with two attached hydrogens (primary N) is 1. The first kappa shape index (κ1) is 54.0. The zero-order valence-corrected chi connectivity index (χ0v) is 38.4. The van der Waals surface area contributed by atoms with Gasteiger partial charge in [0, 0.05) is 19.4 Å². The van der Waals surface area contributed by atoms with Crippen LogP contribution >= 0.6 is 7.82 Å². The summed E-state index contributed by atoms with van der Waals surface area (Å²) in [5.41, 5.74) is 5.41.